The van der Waals surface area contributed by atoms with E-state index < -0.39 is 5.97 Å². The van der Waals surface area contributed by atoms with Crippen molar-refractivity contribution in [2.75, 3.05) is 5.32 Å². The minimum Gasteiger partial charge on any atom is -0.481 e. The maximum atomic E-state index is 11.4. The Morgan fingerprint density at radius 1 is 1.24 bits per heavy atom. The van der Waals surface area contributed by atoms with Gasteiger partial charge in [0.05, 0.1) is 10.7 Å². The summed E-state index contributed by atoms with van der Waals surface area (Å²) >= 11 is 11.6. The predicted molar refractivity (Wildman–Crippen MR) is 66.6 cm³/mol. The van der Waals surface area contributed by atoms with Crippen molar-refractivity contribution in [1.29, 1.82) is 0 Å². The number of carboxylic acids is 1. The number of nitrogens with one attached hydrogen (secondary N) is 1. The van der Waals surface area contributed by atoms with Gasteiger partial charge >= 0.3 is 5.97 Å². The number of carboxylic acid groups (broad SMARTS) is 1. The average Bonchev–Trinajstić information content (AvgIpc) is 2.21. The van der Waals surface area contributed by atoms with Gasteiger partial charge in [-0.15, -0.1) is 0 Å². The SMILES string of the molecule is O=C(O)CCCC(=O)Nc1ccc(Cl)cc1Cl. The molecule has 2 N–H and O–H groups in total. The molecular formula is C11H11Cl2NO3. The summed E-state index contributed by atoms with van der Waals surface area (Å²) in [6.07, 6.45) is 0.416. The number of amides is 1. The third-order valence-electron chi connectivity index (χ3n) is 2.00. The normalized spacial score (nSPS) is 10.0. The van der Waals surface area contributed by atoms with E-state index in [4.69, 9.17) is 28.3 Å². The molecule has 92 valence electrons. The quantitative estimate of drug-likeness (QED) is 0.867. The van der Waals surface area contributed by atoms with Gasteiger partial charge in [0.1, 0.15) is 0 Å². The molecule has 0 spiro atoms. The largest absolute Gasteiger partial charge is 0.481 e. The number of hydrogen-bond donors (Lipinski definition) is 2. The highest BCUT2D eigenvalue weighted by atomic mass is 35.5. The summed E-state index contributed by atoms with van der Waals surface area (Å²) in [6.45, 7) is 0. The molecule has 0 saturated carbocycles. The number of halogens is 2. The van der Waals surface area contributed by atoms with Gasteiger partial charge in [-0.05, 0) is 24.6 Å². The topological polar surface area (TPSA) is 66.4 Å². The van der Waals surface area contributed by atoms with E-state index in [2.05, 4.69) is 5.32 Å². The first kappa shape index (κ1) is 13.8. The highest BCUT2D eigenvalue weighted by molar-refractivity contribution is 6.36. The maximum absolute atomic E-state index is 11.4. The number of aliphatic carboxylic acids is 1. The van der Waals surface area contributed by atoms with E-state index in [1.807, 2.05) is 0 Å². The van der Waals surface area contributed by atoms with Gasteiger partial charge in [-0.2, -0.15) is 0 Å². The molecule has 0 aliphatic carbocycles. The molecule has 1 aromatic carbocycles. The lowest BCUT2D eigenvalue weighted by Crippen LogP contribution is -2.12. The van der Waals surface area contributed by atoms with Crippen molar-refractivity contribution >= 4 is 40.8 Å². The second-order valence-corrected chi connectivity index (χ2v) is 4.26. The molecule has 6 heteroatoms. The number of rotatable bonds is 5. The molecule has 17 heavy (non-hydrogen) atoms. The van der Waals surface area contributed by atoms with Crippen LogP contribution in [0.1, 0.15) is 19.3 Å². The summed E-state index contributed by atoms with van der Waals surface area (Å²) in [5, 5.41) is 11.8. The van der Waals surface area contributed by atoms with Crippen molar-refractivity contribution in [3.05, 3.63) is 28.2 Å². The molecule has 1 rings (SSSR count). The fraction of sp³-hybridized carbons (Fsp3) is 0.273. The first-order chi connectivity index (χ1) is 7.99. The van der Waals surface area contributed by atoms with E-state index in [9.17, 15) is 9.59 Å². The van der Waals surface area contributed by atoms with Gasteiger partial charge in [0, 0.05) is 17.9 Å². The van der Waals surface area contributed by atoms with Gasteiger partial charge in [0.15, 0.2) is 0 Å². The second kappa shape index (κ2) is 6.47. The Hall–Kier alpha value is -1.26. The van der Waals surface area contributed by atoms with Crippen LogP contribution in [0.3, 0.4) is 0 Å². The summed E-state index contributed by atoms with van der Waals surface area (Å²) < 4.78 is 0. The Bertz CT molecular complexity index is 435. The molecule has 1 aromatic rings. The molecule has 1 amide bonds. The van der Waals surface area contributed by atoms with Crippen LogP contribution in [0.15, 0.2) is 18.2 Å². The van der Waals surface area contributed by atoms with Gasteiger partial charge in [-0.3, -0.25) is 9.59 Å². The lowest BCUT2D eigenvalue weighted by molar-refractivity contribution is -0.137. The van der Waals surface area contributed by atoms with Crippen molar-refractivity contribution in [3.8, 4) is 0 Å². The van der Waals surface area contributed by atoms with Crippen LogP contribution in [0.5, 0.6) is 0 Å². The summed E-state index contributed by atoms with van der Waals surface area (Å²) in [4.78, 5) is 21.7. The standard InChI is InChI=1S/C11H11Cl2NO3/c12-7-4-5-9(8(13)6-7)14-10(15)2-1-3-11(16)17/h4-6H,1-3H2,(H,14,15)(H,16,17). The van der Waals surface area contributed by atoms with Crippen LogP contribution >= 0.6 is 23.2 Å². The third-order valence-corrected chi connectivity index (χ3v) is 2.55. The monoisotopic (exact) mass is 275 g/mol. The van der Waals surface area contributed by atoms with E-state index >= 15 is 0 Å². The molecular weight excluding hydrogens is 265 g/mol. The van der Waals surface area contributed by atoms with Crippen molar-refractivity contribution in [2.45, 2.75) is 19.3 Å². The molecule has 0 radical (unpaired) electrons. The summed E-state index contributed by atoms with van der Waals surface area (Å²) in [7, 11) is 0. The number of carbonyl (C=O) groups excluding carboxylic acids is 1. The van der Waals surface area contributed by atoms with Crippen molar-refractivity contribution in [2.24, 2.45) is 0 Å². The fourth-order valence-electron chi connectivity index (χ4n) is 1.20. The molecule has 0 fully saturated rings. The molecule has 4 nitrogen and oxygen atoms in total. The first-order valence-electron chi connectivity index (χ1n) is 4.95. The van der Waals surface area contributed by atoms with Gasteiger partial charge in [-0.1, -0.05) is 23.2 Å². The van der Waals surface area contributed by atoms with E-state index in [0.717, 1.165) is 0 Å². The van der Waals surface area contributed by atoms with Crippen LogP contribution in [0.25, 0.3) is 0 Å². The highest BCUT2D eigenvalue weighted by Gasteiger charge is 2.07. The average molecular weight is 276 g/mol. The molecule has 0 aliphatic heterocycles. The van der Waals surface area contributed by atoms with E-state index in [1.54, 1.807) is 12.1 Å². The molecule has 0 atom stereocenters. The summed E-state index contributed by atoms with van der Waals surface area (Å²) in [5.41, 5.74) is 0.469. The van der Waals surface area contributed by atoms with Crippen LogP contribution in [-0.4, -0.2) is 17.0 Å². The van der Waals surface area contributed by atoms with E-state index in [1.165, 1.54) is 6.07 Å². The Kier molecular flexibility index (Phi) is 5.25. The zero-order valence-corrected chi connectivity index (χ0v) is 10.4. The Balaban J connectivity index is 2.48. The molecule has 0 aliphatic rings. The van der Waals surface area contributed by atoms with Gasteiger partial charge in [-0.25, -0.2) is 0 Å². The first-order valence-corrected chi connectivity index (χ1v) is 5.71. The van der Waals surface area contributed by atoms with E-state index in [0.29, 0.717) is 22.2 Å². The summed E-state index contributed by atoms with van der Waals surface area (Å²) in [6, 6.07) is 4.73. The van der Waals surface area contributed by atoms with Crippen molar-refractivity contribution in [1.82, 2.24) is 0 Å². The van der Waals surface area contributed by atoms with Crippen LogP contribution in [0.2, 0.25) is 10.0 Å². The summed E-state index contributed by atoms with van der Waals surface area (Å²) in [5.74, 6) is -1.18. The highest BCUT2D eigenvalue weighted by Crippen LogP contribution is 2.25. The van der Waals surface area contributed by atoms with Crippen molar-refractivity contribution in [3.63, 3.8) is 0 Å². The lowest BCUT2D eigenvalue weighted by Gasteiger charge is -2.06. The Morgan fingerprint density at radius 3 is 2.53 bits per heavy atom. The molecule has 0 heterocycles. The minimum atomic E-state index is -0.915. The predicted octanol–water partition coefficient (Wildman–Crippen LogP) is 3.19. The fourth-order valence-corrected chi connectivity index (χ4v) is 1.66. The Morgan fingerprint density at radius 2 is 1.94 bits per heavy atom. The molecule has 0 unspecified atom stereocenters. The van der Waals surface area contributed by atoms with Crippen molar-refractivity contribution < 1.29 is 14.7 Å². The van der Waals surface area contributed by atoms with Crippen LogP contribution < -0.4 is 5.32 Å². The van der Waals surface area contributed by atoms with Gasteiger partial charge in [0.25, 0.3) is 0 Å². The number of hydrogen-bond acceptors (Lipinski definition) is 2. The van der Waals surface area contributed by atoms with Gasteiger partial charge in [0.2, 0.25) is 5.91 Å². The van der Waals surface area contributed by atoms with Crippen LogP contribution in [-0.2, 0) is 9.59 Å². The third kappa shape index (κ3) is 5.06. The van der Waals surface area contributed by atoms with E-state index in [-0.39, 0.29) is 18.7 Å². The maximum Gasteiger partial charge on any atom is 0.303 e. The minimum absolute atomic E-state index is 0.0260. The van der Waals surface area contributed by atoms with Crippen LogP contribution in [0.4, 0.5) is 5.69 Å². The van der Waals surface area contributed by atoms with Gasteiger partial charge < -0.3 is 10.4 Å². The lowest BCUT2D eigenvalue weighted by atomic mass is 10.2. The molecule has 0 bridgehead atoms. The number of benzene rings is 1. The number of carbonyl (C=O) groups is 2. The van der Waals surface area contributed by atoms with Crippen LogP contribution in [0, 0.1) is 0 Å². The Labute approximate surface area is 109 Å². The zero-order valence-electron chi connectivity index (χ0n) is 8.87. The zero-order chi connectivity index (χ0) is 12.8. The second-order valence-electron chi connectivity index (χ2n) is 3.42. The molecule has 0 saturated heterocycles. The molecule has 0 aromatic heterocycles. The smallest absolute Gasteiger partial charge is 0.303 e. The number of anilines is 1.